The number of urea groups is 1. The third-order valence-corrected chi connectivity index (χ3v) is 6.25. The Labute approximate surface area is 187 Å². The van der Waals surface area contributed by atoms with Gasteiger partial charge in [-0.3, -0.25) is 4.79 Å². The number of rotatable bonds is 3. The second-order valence-electron chi connectivity index (χ2n) is 8.22. The van der Waals surface area contributed by atoms with Crippen LogP contribution in [0, 0.1) is 0 Å². The van der Waals surface area contributed by atoms with E-state index in [1.54, 1.807) is 11.1 Å². The lowest BCUT2D eigenvalue weighted by Crippen LogP contribution is -2.49. The van der Waals surface area contributed by atoms with Crippen LogP contribution >= 0.6 is 0 Å². The smallest absolute Gasteiger partial charge is 0.315 e. The Kier molecular flexibility index (Phi) is 5.23. The molecular formula is C25H25N5O2. The first kappa shape index (κ1) is 20.1. The standard InChI is InChI=1S/C25H25N5O2/c26-25(32)30-16-21-9-8-20(15-22(21)17-30)18-4-6-19(7-5-18)24(31)29-13-11-28(12-14-29)23-3-1-2-10-27-23/h1-10,15H,11-14,16-17H2,(H2,26,32). The molecule has 3 amide bonds. The number of hydrogen-bond donors (Lipinski definition) is 1. The second kappa shape index (κ2) is 8.34. The maximum absolute atomic E-state index is 13.0. The molecule has 1 fully saturated rings. The molecule has 3 aromatic rings. The van der Waals surface area contributed by atoms with Crippen LogP contribution < -0.4 is 10.6 Å². The number of benzene rings is 2. The number of anilines is 1. The molecule has 0 aliphatic carbocycles. The van der Waals surface area contributed by atoms with Gasteiger partial charge in [0.2, 0.25) is 0 Å². The molecule has 0 atom stereocenters. The summed E-state index contributed by atoms with van der Waals surface area (Å²) in [6, 6.07) is 19.5. The van der Waals surface area contributed by atoms with Crippen LogP contribution in [0.25, 0.3) is 11.1 Å². The SMILES string of the molecule is NC(=O)N1Cc2ccc(-c3ccc(C(=O)N4CCN(c5ccccn5)CC4)cc3)cc2C1. The first-order chi connectivity index (χ1) is 15.6. The van der Waals surface area contributed by atoms with Crippen molar-refractivity contribution in [2.75, 3.05) is 31.1 Å². The minimum absolute atomic E-state index is 0.0586. The highest BCUT2D eigenvalue weighted by Crippen LogP contribution is 2.29. The zero-order valence-corrected chi connectivity index (χ0v) is 17.8. The van der Waals surface area contributed by atoms with Gasteiger partial charge in [0.15, 0.2) is 0 Å². The Morgan fingerprint density at radius 3 is 2.19 bits per heavy atom. The van der Waals surface area contributed by atoms with E-state index in [2.05, 4.69) is 22.0 Å². The number of amides is 3. The lowest BCUT2D eigenvalue weighted by atomic mass is 9.99. The van der Waals surface area contributed by atoms with Gasteiger partial charge in [-0.25, -0.2) is 9.78 Å². The average molecular weight is 428 g/mol. The van der Waals surface area contributed by atoms with E-state index < -0.39 is 6.03 Å². The van der Waals surface area contributed by atoms with Crippen LogP contribution in [0.5, 0.6) is 0 Å². The number of carbonyl (C=O) groups excluding carboxylic acids is 2. The van der Waals surface area contributed by atoms with Gasteiger partial charge in [-0.2, -0.15) is 0 Å². The van der Waals surface area contributed by atoms with Crippen molar-refractivity contribution in [2.24, 2.45) is 5.73 Å². The van der Waals surface area contributed by atoms with Crippen molar-refractivity contribution in [3.8, 4) is 11.1 Å². The van der Waals surface area contributed by atoms with Crippen molar-refractivity contribution in [3.63, 3.8) is 0 Å². The molecule has 0 radical (unpaired) electrons. The fraction of sp³-hybridized carbons (Fsp3) is 0.240. The molecule has 7 nitrogen and oxygen atoms in total. The van der Waals surface area contributed by atoms with Gasteiger partial charge in [-0.15, -0.1) is 0 Å². The van der Waals surface area contributed by atoms with E-state index in [-0.39, 0.29) is 5.91 Å². The molecule has 2 aliphatic heterocycles. The van der Waals surface area contributed by atoms with Crippen LogP contribution in [0.3, 0.4) is 0 Å². The highest BCUT2D eigenvalue weighted by atomic mass is 16.2. The summed E-state index contributed by atoms with van der Waals surface area (Å²) in [5.41, 5.74) is 10.5. The van der Waals surface area contributed by atoms with Crippen molar-refractivity contribution >= 4 is 17.8 Å². The summed E-state index contributed by atoms with van der Waals surface area (Å²) in [6.07, 6.45) is 1.79. The molecule has 32 heavy (non-hydrogen) atoms. The highest BCUT2D eigenvalue weighted by Gasteiger charge is 2.24. The van der Waals surface area contributed by atoms with Gasteiger partial charge in [0, 0.05) is 51.0 Å². The predicted molar refractivity (Wildman–Crippen MR) is 123 cm³/mol. The summed E-state index contributed by atoms with van der Waals surface area (Å²) in [7, 11) is 0. The Morgan fingerprint density at radius 1 is 0.781 bits per heavy atom. The predicted octanol–water partition coefficient (Wildman–Crippen LogP) is 3.11. The van der Waals surface area contributed by atoms with Crippen molar-refractivity contribution in [2.45, 2.75) is 13.1 Å². The summed E-state index contributed by atoms with van der Waals surface area (Å²) in [5.74, 6) is 1.01. The van der Waals surface area contributed by atoms with Crippen LogP contribution in [-0.2, 0) is 13.1 Å². The summed E-state index contributed by atoms with van der Waals surface area (Å²) >= 11 is 0. The molecule has 0 saturated carbocycles. The molecule has 5 rings (SSSR count). The fourth-order valence-corrected chi connectivity index (χ4v) is 4.40. The molecule has 0 unspecified atom stereocenters. The summed E-state index contributed by atoms with van der Waals surface area (Å²) in [5, 5.41) is 0. The van der Waals surface area contributed by atoms with Gasteiger partial charge in [-0.1, -0.05) is 30.3 Å². The van der Waals surface area contributed by atoms with E-state index >= 15 is 0 Å². The number of aromatic nitrogens is 1. The Morgan fingerprint density at radius 2 is 1.50 bits per heavy atom. The quantitative estimate of drug-likeness (QED) is 0.696. The maximum Gasteiger partial charge on any atom is 0.315 e. The van der Waals surface area contributed by atoms with Crippen LogP contribution in [0.1, 0.15) is 21.5 Å². The number of piperazine rings is 1. The topological polar surface area (TPSA) is 82.8 Å². The first-order valence-corrected chi connectivity index (χ1v) is 10.8. The monoisotopic (exact) mass is 427 g/mol. The molecule has 2 aromatic carbocycles. The van der Waals surface area contributed by atoms with Crippen molar-refractivity contribution in [1.82, 2.24) is 14.8 Å². The van der Waals surface area contributed by atoms with Crippen LogP contribution in [0.15, 0.2) is 66.9 Å². The number of primary amides is 1. The van der Waals surface area contributed by atoms with E-state index in [0.717, 1.165) is 41.2 Å². The van der Waals surface area contributed by atoms with E-state index in [9.17, 15) is 9.59 Å². The molecule has 7 heteroatoms. The van der Waals surface area contributed by atoms with Gasteiger partial charge < -0.3 is 20.4 Å². The lowest BCUT2D eigenvalue weighted by Gasteiger charge is -2.35. The second-order valence-corrected chi connectivity index (χ2v) is 8.22. The van der Waals surface area contributed by atoms with E-state index in [0.29, 0.717) is 31.7 Å². The van der Waals surface area contributed by atoms with Crippen LogP contribution in [0.2, 0.25) is 0 Å². The molecule has 3 heterocycles. The van der Waals surface area contributed by atoms with E-state index in [1.807, 2.05) is 53.4 Å². The van der Waals surface area contributed by atoms with Crippen molar-refractivity contribution < 1.29 is 9.59 Å². The van der Waals surface area contributed by atoms with Crippen LogP contribution in [0.4, 0.5) is 10.6 Å². The molecule has 2 aliphatic rings. The molecule has 162 valence electrons. The molecule has 2 N–H and O–H groups in total. The summed E-state index contributed by atoms with van der Waals surface area (Å²) < 4.78 is 0. The number of pyridine rings is 1. The fourth-order valence-electron chi connectivity index (χ4n) is 4.40. The van der Waals surface area contributed by atoms with E-state index in [4.69, 9.17) is 5.73 Å². The third kappa shape index (κ3) is 3.89. The van der Waals surface area contributed by atoms with E-state index in [1.165, 1.54) is 0 Å². The van der Waals surface area contributed by atoms with Gasteiger partial charge in [-0.05, 0) is 52.6 Å². The first-order valence-electron chi connectivity index (χ1n) is 10.8. The number of hydrogen-bond acceptors (Lipinski definition) is 4. The molecule has 0 bridgehead atoms. The third-order valence-electron chi connectivity index (χ3n) is 6.25. The normalized spacial score (nSPS) is 15.6. The van der Waals surface area contributed by atoms with Gasteiger partial charge in [0.1, 0.15) is 5.82 Å². The maximum atomic E-state index is 13.0. The minimum atomic E-state index is -0.397. The largest absolute Gasteiger partial charge is 0.353 e. The van der Waals surface area contributed by atoms with Gasteiger partial charge in [0.05, 0.1) is 0 Å². The molecule has 1 saturated heterocycles. The van der Waals surface area contributed by atoms with Crippen LogP contribution in [-0.4, -0.2) is 52.9 Å². The Bertz CT molecular complexity index is 1140. The number of carbonyl (C=O) groups is 2. The lowest BCUT2D eigenvalue weighted by molar-refractivity contribution is 0.0746. The molecule has 1 aromatic heterocycles. The van der Waals surface area contributed by atoms with Crippen molar-refractivity contribution in [3.05, 3.63) is 83.6 Å². The molecule has 0 spiro atoms. The van der Waals surface area contributed by atoms with Crippen molar-refractivity contribution in [1.29, 1.82) is 0 Å². The number of nitrogens with zero attached hydrogens (tertiary/aromatic N) is 4. The summed E-state index contributed by atoms with van der Waals surface area (Å²) in [4.78, 5) is 34.6. The average Bonchev–Trinajstić information content (AvgIpc) is 3.28. The number of fused-ring (bicyclic) bond motifs is 1. The van der Waals surface area contributed by atoms with Gasteiger partial charge in [0.25, 0.3) is 5.91 Å². The van der Waals surface area contributed by atoms with Gasteiger partial charge >= 0.3 is 6.03 Å². The number of nitrogens with two attached hydrogens (primary N) is 1. The zero-order valence-electron chi connectivity index (χ0n) is 17.8. The Hall–Kier alpha value is -3.87. The molecular weight excluding hydrogens is 402 g/mol. The zero-order chi connectivity index (χ0) is 22.1. The summed E-state index contributed by atoms with van der Waals surface area (Å²) in [6.45, 7) is 4.01. The Balaban J connectivity index is 1.24. The highest BCUT2D eigenvalue weighted by molar-refractivity contribution is 5.95. The minimum Gasteiger partial charge on any atom is -0.353 e.